The minimum absolute atomic E-state index is 0.0230. The van der Waals surface area contributed by atoms with Crippen LogP contribution in [0.1, 0.15) is 11.7 Å². The van der Waals surface area contributed by atoms with Crippen LogP contribution in [0.5, 0.6) is 0 Å². The van der Waals surface area contributed by atoms with Crippen LogP contribution in [0.25, 0.3) is 0 Å². The van der Waals surface area contributed by atoms with Gasteiger partial charge in [-0.25, -0.2) is 18.0 Å². The molecule has 2 atom stereocenters. The Labute approximate surface area is 319 Å². The van der Waals surface area contributed by atoms with Gasteiger partial charge in [-0.15, -0.1) is 0 Å². The lowest BCUT2D eigenvalue weighted by molar-refractivity contribution is -0.384. The molecule has 4 aromatic rings. The van der Waals surface area contributed by atoms with Crippen LogP contribution >= 0.6 is 30.5 Å². The third-order valence-corrected chi connectivity index (χ3v) is 12.9. The van der Waals surface area contributed by atoms with Crippen LogP contribution in [0.2, 0.25) is 0 Å². The number of rotatable bonds is 21. The molecule has 0 bridgehead atoms. The largest absolute Gasteiger partial charge is 0.462 e. The summed E-state index contributed by atoms with van der Waals surface area (Å²) in [6, 6.07) is 22.0. The van der Waals surface area contributed by atoms with Gasteiger partial charge in [-0.05, 0) is 90.5 Å². The number of nitrogens with zero attached hydrogens (tertiary/aromatic N) is 1. The van der Waals surface area contributed by atoms with Crippen molar-refractivity contribution < 1.29 is 51.7 Å². The monoisotopic (exact) mass is 811 g/mol. The number of amides is 1. The molecule has 4 rings (SSSR count). The van der Waals surface area contributed by atoms with Crippen LogP contribution in [0.4, 0.5) is 18.9 Å². The van der Waals surface area contributed by atoms with Crippen LogP contribution in [0, 0.1) is 27.6 Å². The number of hydrogen-bond donors (Lipinski definition) is 2. The third-order valence-electron chi connectivity index (χ3n) is 8.11. The van der Waals surface area contributed by atoms with E-state index in [1.165, 1.54) is 60.7 Å². The number of alkyl halides is 2. The number of esters is 1. The molecule has 0 fully saturated rings. The summed E-state index contributed by atoms with van der Waals surface area (Å²) in [5.74, 6) is -2.89. The molecule has 0 aliphatic heterocycles. The Morgan fingerprint density at radius 1 is 0.722 bits per heavy atom. The number of carbonyl (C=O) groups excluding carboxylic acids is 2. The number of ether oxygens (including phenoxy) is 4. The maximum Gasteiger partial charge on any atom is 0.332 e. The van der Waals surface area contributed by atoms with Crippen molar-refractivity contribution in [3.8, 4) is 0 Å². The Kier molecular flexibility index (Phi) is 16.6. The van der Waals surface area contributed by atoms with Crippen molar-refractivity contribution in [1.82, 2.24) is 5.32 Å². The zero-order chi connectivity index (χ0) is 39.1. The second-order valence-corrected chi connectivity index (χ2v) is 16.3. The van der Waals surface area contributed by atoms with Crippen molar-refractivity contribution in [2.75, 3.05) is 52.4 Å². The molecule has 17 heteroatoms. The molecule has 11 nitrogen and oxygen atoms in total. The Morgan fingerprint density at radius 2 is 1.17 bits per heavy atom. The summed E-state index contributed by atoms with van der Waals surface area (Å²) >= 11 is 11.2. The lowest BCUT2D eigenvalue weighted by Gasteiger charge is -2.27. The van der Waals surface area contributed by atoms with E-state index in [-0.39, 0.29) is 44.3 Å². The first-order valence-electron chi connectivity index (χ1n) is 16.5. The van der Waals surface area contributed by atoms with Crippen LogP contribution in [0.3, 0.4) is 0 Å². The van der Waals surface area contributed by atoms with E-state index < -0.39 is 71.7 Å². The summed E-state index contributed by atoms with van der Waals surface area (Å²) in [5, 5.41) is 26.5. The minimum Gasteiger partial charge on any atom is -0.462 e. The molecule has 0 saturated carbocycles. The van der Waals surface area contributed by atoms with Crippen LogP contribution in [-0.4, -0.2) is 85.2 Å². The van der Waals surface area contributed by atoms with Gasteiger partial charge in [0.05, 0.1) is 50.2 Å². The van der Waals surface area contributed by atoms with Crippen molar-refractivity contribution >= 4 is 63.9 Å². The molecule has 1 amide bonds. The highest BCUT2D eigenvalue weighted by Gasteiger charge is 2.45. The predicted octanol–water partition coefficient (Wildman–Crippen LogP) is 4.92. The van der Waals surface area contributed by atoms with Crippen LogP contribution < -0.4 is 21.2 Å². The smallest absolute Gasteiger partial charge is 0.332 e. The normalized spacial score (nSPS) is 12.6. The number of aliphatic hydroxyl groups excluding tert-OH is 1. The molecule has 0 aromatic heterocycles. The molecular formula is C37H37Cl2F3N2O9P+. The lowest BCUT2D eigenvalue weighted by Crippen LogP contribution is -2.45. The van der Waals surface area contributed by atoms with E-state index in [0.29, 0.717) is 6.16 Å². The van der Waals surface area contributed by atoms with Gasteiger partial charge in [-0.2, -0.15) is 0 Å². The summed E-state index contributed by atoms with van der Waals surface area (Å²) in [4.78, 5) is 33.3. The van der Waals surface area contributed by atoms with E-state index in [1.54, 1.807) is 36.4 Å². The number of hydrogen-bond acceptors (Lipinski definition) is 9. The zero-order valence-corrected chi connectivity index (χ0v) is 31.0. The SMILES string of the molecule is O=C(COCCOCCOCC[P+](c1ccc(F)cc1)(c1ccc(F)cc1)c1ccc(F)cc1)OC[C@@H](NC(=O)C(Cl)Cl)[C@@H](O)c1ccc([N+](=O)[O-])cc1. The Hall–Kier alpha value is -4.14. The Morgan fingerprint density at radius 3 is 1.61 bits per heavy atom. The number of nitro benzene ring substituents is 1. The van der Waals surface area contributed by atoms with Crippen molar-refractivity contribution in [1.29, 1.82) is 0 Å². The van der Waals surface area contributed by atoms with E-state index in [0.717, 1.165) is 15.9 Å². The molecule has 0 heterocycles. The molecule has 0 aliphatic rings. The van der Waals surface area contributed by atoms with Crippen LogP contribution in [-0.2, 0) is 28.5 Å². The van der Waals surface area contributed by atoms with Crippen molar-refractivity contribution in [3.05, 3.63) is 130 Å². The Bertz CT molecular complexity index is 1700. The molecule has 0 radical (unpaired) electrons. The summed E-state index contributed by atoms with van der Waals surface area (Å²) in [5.41, 5.74) is -0.00403. The first-order valence-corrected chi connectivity index (χ1v) is 19.3. The standard InChI is InChI=1S/C37H36Cl2F3N2O9P/c38-36(39)37(47)43-33(35(46)25-1-9-29(10-2-25)44(48)49)23-53-34(45)24-52-20-19-50-17-18-51-21-22-54(30-11-3-26(40)4-12-30,31-13-5-27(41)6-14-31)32-15-7-28(42)8-16-32/h1-16,33,35-36,46H,17-24H2/p+1/t33-,35+/m1/s1. The lowest BCUT2D eigenvalue weighted by atomic mass is 10.0. The zero-order valence-electron chi connectivity index (χ0n) is 28.6. The fourth-order valence-electron chi connectivity index (χ4n) is 5.43. The van der Waals surface area contributed by atoms with Gasteiger partial charge >= 0.3 is 5.97 Å². The van der Waals surface area contributed by atoms with Crippen LogP contribution in [0.15, 0.2) is 97.1 Å². The van der Waals surface area contributed by atoms with Gasteiger partial charge in [-0.3, -0.25) is 14.9 Å². The molecule has 0 saturated heterocycles. The van der Waals surface area contributed by atoms with Gasteiger partial charge in [0, 0.05) is 12.1 Å². The number of carbonyl (C=O) groups is 2. The second-order valence-electron chi connectivity index (χ2n) is 11.6. The fourth-order valence-corrected chi connectivity index (χ4v) is 9.60. The van der Waals surface area contributed by atoms with E-state index in [1.807, 2.05) is 0 Å². The first-order chi connectivity index (χ1) is 25.9. The summed E-state index contributed by atoms with van der Waals surface area (Å²) < 4.78 is 63.8. The maximum atomic E-state index is 14.0. The second kappa shape index (κ2) is 21.1. The molecular weight excluding hydrogens is 775 g/mol. The highest BCUT2D eigenvalue weighted by Crippen LogP contribution is 2.55. The fraction of sp³-hybridized carbons (Fsp3) is 0.297. The number of nitro groups is 1. The van der Waals surface area contributed by atoms with E-state index in [2.05, 4.69) is 5.32 Å². The quantitative estimate of drug-likeness (QED) is 0.0299. The average Bonchev–Trinajstić information content (AvgIpc) is 3.16. The van der Waals surface area contributed by atoms with Gasteiger partial charge < -0.3 is 29.4 Å². The number of benzene rings is 4. The number of non-ortho nitro benzene ring substituents is 1. The van der Waals surface area contributed by atoms with E-state index in [4.69, 9.17) is 42.1 Å². The number of aliphatic hydroxyl groups is 1. The third kappa shape index (κ3) is 12.2. The topological polar surface area (TPSA) is 146 Å². The summed E-state index contributed by atoms with van der Waals surface area (Å²) in [7, 11) is -2.54. The predicted molar refractivity (Wildman–Crippen MR) is 199 cm³/mol. The average molecular weight is 813 g/mol. The maximum absolute atomic E-state index is 14.0. The molecule has 54 heavy (non-hydrogen) atoms. The van der Waals surface area contributed by atoms with Gasteiger partial charge in [0.1, 0.15) is 59.9 Å². The van der Waals surface area contributed by atoms with Crippen molar-refractivity contribution in [3.63, 3.8) is 0 Å². The number of halogens is 5. The molecule has 0 spiro atoms. The highest BCUT2D eigenvalue weighted by atomic mass is 35.5. The molecule has 2 N–H and O–H groups in total. The van der Waals surface area contributed by atoms with Gasteiger partial charge in [0.25, 0.3) is 11.6 Å². The van der Waals surface area contributed by atoms with Crippen molar-refractivity contribution in [2.24, 2.45) is 0 Å². The van der Waals surface area contributed by atoms with E-state index in [9.17, 15) is 38.0 Å². The van der Waals surface area contributed by atoms with Gasteiger partial charge in [0.15, 0.2) is 4.84 Å². The van der Waals surface area contributed by atoms with E-state index >= 15 is 0 Å². The Balaban J connectivity index is 1.23. The van der Waals surface area contributed by atoms with Gasteiger partial charge in [0.2, 0.25) is 0 Å². The molecule has 288 valence electrons. The molecule has 0 unspecified atom stereocenters. The summed E-state index contributed by atoms with van der Waals surface area (Å²) in [6.45, 7) is -0.186. The molecule has 0 aliphatic carbocycles. The first kappa shape index (κ1) is 42.6. The summed E-state index contributed by atoms with van der Waals surface area (Å²) in [6.07, 6.45) is -0.979. The minimum atomic E-state index is -2.54. The highest BCUT2D eigenvalue weighted by molar-refractivity contribution is 7.95. The van der Waals surface area contributed by atoms with Crippen molar-refractivity contribution in [2.45, 2.75) is 17.0 Å². The molecule has 4 aromatic carbocycles. The van der Waals surface area contributed by atoms with Gasteiger partial charge in [-0.1, -0.05) is 23.2 Å². The number of nitrogens with one attached hydrogen (secondary N) is 1.